The van der Waals surface area contributed by atoms with Gasteiger partial charge < -0.3 is 29.6 Å². The van der Waals surface area contributed by atoms with Crippen molar-refractivity contribution >= 4 is 0 Å². The summed E-state index contributed by atoms with van der Waals surface area (Å²) in [6, 6.07) is 0. The van der Waals surface area contributed by atoms with Crippen molar-refractivity contribution in [3.8, 4) is 0 Å². The molecule has 154 valence electrons. The van der Waals surface area contributed by atoms with Gasteiger partial charge in [0.2, 0.25) is 0 Å². The van der Waals surface area contributed by atoms with E-state index in [4.69, 9.17) is 18.9 Å². The molecule has 6 heteroatoms. The van der Waals surface area contributed by atoms with Gasteiger partial charge in [-0.3, -0.25) is 0 Å². The van der Waals surface area contributed by atoms with Crippen LogP contribution >= 0.6 is 0 Å². The molecule has 0 aromatic rings. The van der Waals surface area contributed by atoms with Crippen molar-refractivity contribution in [3.63, 3.8) is 0 Å². The Labute approximate surface area is 156 Å². The van der Waals surface area contributed by atoms with Crippen LogP contribution in [0.25, 0.3) is 0 Å². The molecule has 0 heterocycles. The van der Waals surface area contributed by atoms with Gasteiger partial charge >= 0.3 is 0 Å². The van der Waals surface area contributed by atoms with Crippen LogP contribution in [0.15, 0.2) is 0 Å². The number of likely N-dealkylation sites (N-methyl/N-ethyl adjacent to an activating group) is 2. The molecule has 0 radical (unpaired) electrons. The summed E-state index contributed by atoms with van der Waals surface area (Å²) in [4.78, 5) is 0. The van der Waals surface area contributed by atoms with Crippen LogP contribution in [0.1, 0.15) is 46.5 Å². The topological polar surface area (TPSA) is 61.0 Å². The van der Waals surface area contributed by atoms with Gasteiger partial charge in [-0.05, 0) is 33.9 Å². The molecule has 0 spiro atoms. The predicted octanol–water partition coefficient (Wildman–Crippen LogP) is 2.47. The Kier molecular flexibility index (Phi) is 28.1. The Bertz CT molecular complexity index is 212. The molecule has 0 saturated heterocycles. The van der Waals surface area contributed by atoms with E-state index in [0.29, 0.717) is 13.2 Å². The summed E-state index contributed by atoms with van der Waals surface area (Å²) >= 11 is 0. The van der Waals surface area contributed by atoms with Crippen LogP contribution in [-0.4, -0.2) is 79.5 Å². The minimum Gasteiger partial charge on any atom is -0.379 e. The van der Waals surface area contributed by atoms with Crippen LogP contribution in [0.5, 0.6) is 0 Å². The maximum atomic E-state index is 5.48. The summed E-state index contributed by atoms with van der Waals surface area (Å²) < 4.78 is 21.5. The lowest BCUT2D eigenvalue weighted by Crippen LogP contribution is -2.22. The normalized spacial score (nSPS) is 11.9. The van der Waals surface area contributed by atoms with Gasteiger partial charge in [-0.25, -0.2) is 0 Å². The van der Waals surface area contributed by atoms with Gasteiger partial charge in [0, 0.05) is 26.3 Å². The van der Waals surface area contributed by atoms with Gasteiger partial charge in [0.25, 0.3) is 0 Å². The summed E-state index contributed by atoms with van der Waals surface area (Å²) in [5, 5.41) is 6.05. The Morgan fingerprint density at radius 3 is 1.76 bits per heavy atom. The van der Waals surface area contributed by atoms with Gasteiger partial charge in [-0.1, -0.05) is 26.7 Å². The fourth-order valence-corrected chi connectivity index (χ4v) is 1.65. The molecule has 0 aliphatic heterocycles. The molecule has 0 fully saturated rings. The van der Waals surface area contributed by atoms with Crippen molar-refractivity contribution in [1.29, 1.82) is 0 Å². The molecular formula is C19H44N2O4. The van der Waals surface area contributed by atoms with Gasteiger partial charge in [0.15, 0.2) is 0 Å². The lowest BCUT2D eigenvalue weighted by molar-refractivity contribution is -0.00551. The average molecular weight is 365 g/mol. The second-order valence-corrected chi connectivity index (χ2v) is 5.90. The first-order chi connectivity index (χ1) is 12.2. The van der Waals surface area contributed by atoms with Crippen molar-refractivity contribution < 1.29 is 18.9 Å². The third-order valence-electron chi connectivity index (χ3n) is 3.26. The first-order valence-corrected chi connectivity index (χ1v) is 9.86. The Morgan fingerprint density at radius 1 is 0.680 bits per heavy atom. The second-order valence-electron chi connectivity index (χ2n) is 5.90. The SMILES string of the molecule is CCCCOCC(C)OCCNC.CCCCOCCOCCNC. The van der Waals surface area contributed by atoms with Gasteiger partial charge in [0.1, 0.15) is 0 Å². The van der Waals surface area contributed by atoms with Crippen LogP contribution in [0.4, 0.5) is 0 Å². The number of nitrogens with one attached hydrogen (secondary N) is 2. The highest BCUT2D eigenvalue weighted by Crippen LogP contribution is 1.94. The highest BCUT2D eigenvalue weighted by atomic mass is 16.5. The molecule has 0 aliphatic carbocycles. The minimum absolute atomic E-state index is 0.213. The van der Waals surface area contributed by atoms with Crippen LogP contribution in [-0.2, 0) is 18.9 Å². The van der Waals surface area contributed by atoms with E-state index >= 15 is 0 Å². The number of unbranched alkanes of at least 4 members (excludes halogenated alkanes) is 2. The molecule has 0 saturated carbocycles. The standard InChI is InChI=1S/C10H23NO2.C9H21NO2/c1-4-5-7-12-9-10(2)13-8-6-11-3;1-3-4-6-11-8-9-12-7-5-10-2/h10-11H,4-9H2,1-3H3;10H,3-9H2,1-2H3. The third kappa shape index (κ3) is 28.8. The molecular weight excluding hydrogens is 320 g/mol. The quantitative estimate of drug-likeness (QED) is 0.364. The molecule has 1 unspecified atom stereocenters. The van der Waals surface area contributed by atoms with Crippen LogP contribution in [0.3, 0.4) is 0 Å². The number of hydrogen-bond donors (Lipinski definition) is 2. The second kappa shape index (κ2) is 26.0. The molecule has 0 aromatic carbocycles. The fourth-order valence-electron chi connectivity index (χ4n) is 1.65. The van der Waals surface area contributed by atoms with E-state index in [1.165, 1.54) is 12.8 Å². The maximum absolute atomic E-state index is 5.48. The van der Waals surface area contributed by atoms with Crippen molar-refractivity contribution in [3.05, 3.63) is 0 Å². The molecule has 1 atom stereocenters. The monoisotopic (exact) mass is 364 g/mol. The molecule has 0 aliphatic rings. The summed E-state index contributed by atoms with van der Waals surface area (Å²) in [5.41, 5.74) is 0. The van der Waals surface area contributed by atoms with E-state index in [0.717, 1.165) is 59.0 Å². The number of hydrogen-bond acceptors (Lipinski definition) is 6. The average Bonchev–Trinajstić information content (AvgIpc) is 2.62. The smallest absolute Gasteiger partial charge is 0.0781 e. The lowest BCUT2D eigenvalue weighted by atomic mass is 10.3. The van der Waals surface area contributed by atoms with Crippen molar-refractivity contribution in [2.24, 2.45) is 0 Å². The molecule has 2 N–H and O–H groups in total. The van der Waals surface area contributed by atoms with Crippen molar-refractivity contribution in [2.75, 3.05) is 73.4 Å². The van der Waals surface area contributed by atoms with Gasteiger partial charge in [-0.15, -0.1) is 0 Å². The van der Waals surface area contributed by atoms with E-state index in [-0.39, 0.29) is 6.10 Å². The lowest BCUT2D eigenvalue weighted by Gasteiger charge is -2.12. The summed E-state index contributed by atoms with van der Waals surface area (Å²) in [6.45, 7) is 13.6. The number of rotatable bonds is 18. The zero-order valence-electron chi connectivity index (χ0n) is 17.4. The third-order valence-corrected chi connectivity index (χ3v) is 3.26. The minimum atomic E-state index is 0.213. The van der Waals surface area contributed by atoms with E-state index in [9.17, 15) is 0 Å². The Balaban J connectivity index is 0. The highest BCUT2D eigenvalue weighted by molar-refractivity contribution is 4.48. The van der Waals surface area contributed by atoms with Crippen molar-refractivity contribution in [1.82, 2.24) is 10.6 Å². The van der Waals surface area contributed by atoms with Gasteiger partial charge in [0.05, 0.1) is 39.1 Å². The van der Waals surface area contributed by atoms with Crippen LogP contribution in [0.2, 0.25) is 0 Å². The molecule has 25 heavy (non-hydrogen) atoms. The molecule has 0 aromatic heterocycles. The van der Waals surface area contributed by atoms with Gasteiger partial charge in [-0.2, -0.15) is 0 Å². The maximum Gasteiger partial charge on any atom is 0.0781 e. The molecule has 0 bridgehead atoms. The zero-order chi connectivity index (χ0) is 19.0. The highest BCUT2D eigenvalue weighted by Gasteiger charge is 2.00. The summed E-state index contributed by atoms with van der Waals surface area (Å²) in [7, 11) is 3.84. The Morgan fingerprint density at radius 2 is 1.20 bits per heavy atom. The predicted molar refractivity (Wildman–Crippen MR) is 106 cm³/mol. The first kappa shape index (κ1) is 27.0. The van der Waals surface area contributed by atoms with Crippen LogP contribution < -0.4 is 10.6 Å². The molecule has 0 amide bonds. The molecule has 0 rings (SSSR count). The first-order valence-electron chi connectivity index (χ1n) is 9.86. The van der Waals surface area contributed by atoms with E-state index in [2.05, 4.69) is 24.5 Å². The molecule has 6 nitrogen and oxygen atoms in total. The van der Waals surface area contributed by atoms with Crippen molar-refractivity contribution in [2.45, 2.75) is 52.6 Å². The Hall–Kier alpha value is -0.240. The van der Waals surface area contributed by atoms with E-state index < -0.39 is 0 Å². The zero-order valence-corrected chi connectivity index (χ0v) is 17.4. The summed E-state index contributed by atoms with van der Waals surface area (Å²) in [5.74, 6) is 0. The number of ether oxygens (including phenoxy) is 4. The summed E-state index contributed by atoms with van der Waals surface area (Å²) in [6.07, 6.45) is 4.89. The fraction of sp³-hybridized carbons (Fsp3) is 1.00. The van der Waals surface area contributed by atoms with E-state index in [1.54, 1.807) is 0 Å². The van der Waals surface area contributed by atoms with Crippen LogP contribution in [0, 0.1) is 0 Å². The van der Waals surface area contributed by atoms with E-state index in [1.807, 2.05) is 21.0 Å². The largest absolute Gasteiger partial charge is 0.379 e.